The number of aliphatic carboxylic acids is 2. The Morgan fingerprint density at radius 3 is 1.79 bits per heavy atom. The van der Waals surface area contributed by atoms with Gasteiger partial charge in [0.25, 0.3) is 0 Å². The largest absolute Gasteiger partial charge is 0.481 e. The number of amides is 3. The second-order valence-electron chi connectivity index (χ2n) is 8.98. The van der Waals surface area contributed by atoms with Crippen LogP contribution in [0.5, 0.6) is 0 Å². The molecule has 11 N–H and O–H groups in total. The highest BCUT2D eigenvalue weighted by Crippen LogP contribution is 2.08. The van der Waals surface area contributed by atoms with Crippen molar-refractivity contribution in [2.75, 3.05) is 13.1 Å². The zero-order valence-electron chi connectivity index (χ0n) is 21.4. The first-order chi connectivity index (χ1) is 18.1. The van der Waals surface area contributed by atoms with E-state index in [1.54, 1.807) is 30.3 Å². The van der Waals surface area contributed by atoms with Gasteiger partial charge in [0.1, 0.15) is 18.1 Å². The van der Waals surface area contributed by atoms with Gasteiger partial charge >= 0.3 is 11.9 Å². The summed E-state index contributed by atoms with van der Waals surface area (Å²) < 4.78 is 0. The number of carbonyl (C=O) groups is 5. The van der Waals surface area contributed by atoms with Crippen LogP contribution in [0.2, 0.25) is 0 Å². The third-order valence-corrected chi connectivity index (χ3v) is 5.79. The van der Waals surface area contributed by atoms with E-state index in [1.165, 1.54) is 0 Å². The van der Waals surface area contributed by atoms with Crippen LogP contribution in [0.3, 0.4) is 0 Å². The molecule has 4 atom stereocenters. The summed E-state index contributed by atoms with van der Waals surface area (Å²) in [6.45, 7) is 0.809. The van der Waals surface area contributed by atoms with Crippen molar-refractivity contribution in [3.8, 4) is 0 Å². The van der Waals surface area contributed by atoms with Crippen molar-refractivity contribution in [1.29, 1.82) is 0 Å². The van der Waals surface area contributed by atoms with Gasteiger partial charge in [-0.3, -0.25) is 19.2 Å². The van der Waals surface area contributed by atoms with Crippen molar-refractivity contribution in [2.45, 2.75) is 75.5 Å². The Hall–Kier alpha value is -3.55. The zero-order chi connectivity index (χ0) is 28.5. The molecule has 4 unspecified atom stereocenters. The van der Waals surface area contributed by atoms with Gasteiger partial charge in [-0.05, 0) is 50.8 Å². The van der Waals surface area contributed by atoms with Crippen LogP contribution in [0.1, 0.15) is 50.5 Å². The van der Waals surface area contributed by atoms with Crippen molar-refractivity contribution in [3.63, 3.8) is 0 Å². The van der Waals surface area contributed by atoms with Crippen LogP contribution in [0.4, 0.5) is 0 Å². The Balaban J connectivity index is 3.07. The van der Waals surface area contributed by atoms with Gasteiger partial charge in [0.15, 0.2) is 0 Å². The number of benzene rings is 1. The number of rotatable bonds is 19. The van der Waals surface area contributed by atoms with E-state index in [1.807, 2.05) is 0 Å². The lowest BCUT2D eigenvalue weighted by molar-refractivity contribution is -0.147. The first-order valence-corrected chi connectivity index (χ1v) is 12.6. The predicted molar refractivity (Wildman–Crippen MR) is 140 cm³/mol. The molecule has 0 radical (unpaired) electrons. The number of nitrogens with one attached hydrogen (secondary N) is 3. The van der Waals surface area contributed by atoms with Gasteiger partial charge in [-0.15, -0.1) is 0 Å². The summed E-state index contributed by atoms with van der Waals surface area (Å²) in [5.41, 5.74) is 17.8. The van der Waals surface area contributed by atoms with Crippen LogP contribution in [0.25, 0.3) is 0 Å². The maximum atomic E-state index is 13.3. The number of hydrogen-bond donors (Lipinski definition) is 8. The van der Waals surface area contributed by atoms with Crippen molar-refractivity contribution in [1.82, 2.24) is 16.0 Å². The fraction of sp³-hybridized carbons (Fsp3) is 0.560. The van der Waals surface area contributed by atoms with Gasteiger partial charge in [0.2, 0.25) is 17.7 Å². The molecule has 3 amide bonds. The quantitative estimate of drug-likeness (QED) is 0.0985. The minimum absolute atomic E-state index is 0.113. The van der Waals surface area contributed by atoms with E-state index in [-0.39, 0.29) is 12.8 Å². The first-order valence-electron chi connectivity index (χ1n) is 12.6. The number of carbonyl (C=O) groups excluding carboxylic acids is 3. The SMILES string of the molecule is NCCCCC(N)C(=O)NC(Cc1ccccc1)C(=O)NC(CCCCN)C(=O)NC(CC(=O)O)C(=O)O. The van der Waals surface area contributed by atoms with Gasteiger partial charge < -0.3 is 43.4 Å². The molecule has 0 fully saturated rings. The van der Waals surface area contributed by atoms with Crippen LogP contribution in [-0.2, 0) is 30.4 Å². The molecule has 1 aromatic rings. The second kappa shape index (κ2) is 17.8. The normalized spacial score (nSPS) is 14.0. The molecular weight excluding hydrogens is 496 g/mol. The highest BCUT2D eigenvalue weighted by atomic mass is 16.4. The molecule has 0 saturated carbocycles. The summed E-state index contributed by atoms with van der Waals surface area (Å²) in [6, 6.07) is 4.12. The predicted octanol–water partition coefficient (Wildman–Crippen LogP) is -1.17. The molecule has 0 aliphatic carbocycles. The Morgan fingerprint density at radius 1 is 0.711 bits per heavy atom. The van der Waals surface area contributed by atoms with Gasteiger partial charge in [-0.25, -0.2) is 4.79 Å². The molecule has 38 heavy (non-hydrogen) atoms. The Labute approximate surface area is 221 Å². The van der Waals surface area contributed by atoms with E-state index in [0.717, 1.165) is 5.56 Å². The fourth-order valence-corrected chi connectivity index (χ4v) is 3.66. The van der Waals surface area contributed by atoms with E-state index in [9.17, 15) is 29.1 Å². The zero-order valence-corrected chi connectivity index (χ0v) is 21.4. The minimum atomic E-state index is -1.68. The molecule has 0 bridgehead atoms. The second-order valence-corrected chi connectivity index (χ2v) is 8.98. The summed E-state index contributed by atoms with van der Waals surface area (Å²) in [5, 5.41) is 25.7. The van der Waals surface area contributed by atoms with E-state index >= 15 is 0 Å². The van der Waals surface area contributed by atoms with Crippen molar-refractivity contribution in [2.24, 2.45) is 17.2 Å². The van der Waals surface area contributed by atoms with Gasteiger partial charge in [0.05, 0.1) is 12.5 Å². The van der Waals surface area contributed by atoms with E-state index in [4.69, 9.17) is 22.3 Å². The van der Waals surface area contributed by atoms with Crippen LogP contribution >= 0.6 is 0 Å². The average molecular weight is 537 g/mol. The lowest BCUT2D eigenvalue weighted by atomic mass is 10.0. The molecule has 0 aliphatic rings. The maximum absolute atomic E-state index is 13.3. The first kappa shape index (κ1) is 32.5. The van der Waals surface area contributed by atoms with Gasteiger partial charge in [0, 0.05) is 6.42 Å². The van der Waals surface area contributed by atoms with E-state index in [0.29, 0.717) is 45.2 Å². The fourth-order valence-electron chi connectivity index (χ4n) is 3.66. The topological polar surface area (TPSA) is 240 Å². The molecule has 0 aliphatic heterocycles. The maximum Gasteiger partial charge on any atom is 0.326 e. The highest BCUT2D eigenvalue weighted by Gasteiger charge is 2.31. The van der Waals surface area contributed by atoms with Crippen LogP contribution in [-0.4, -0.2) is 77.1 Å². The lowest BCUT2D eigenvalue weighted by Gasteiger charge is -2.25. The Kier molecular flexibility index (Phi) is 15.2. The molecule has 0 heterocycles. The lowest BCUT2D eigenvalue weighted by Crippen LogP contribution is -2.57. The molecule has 13 heteroatoms. The van der Waals surface area contributed by atoms with Crippen molar-refractivity contribution >= 4 is 29.7 Å². The molecule has 0 spiro atoms. The van der Waals surface area contributed by atoms with Crippen LogP contribution in [0.15, 0.2) is 30.3 Å². The molecule has 1 aromatic carbocycles. The Morgan fingerprint density at radius 2 is 1.24 bits per heavy atom. The number of nitrogens with two attached hydrogens (primary N) is 3. The summed E-state index contributed by atoms with van der Waals surface area (Å²) >= 11 is 0. The molecule has 13 nitrogen and oxygen atoms in total. The van der Waals surface area contributed by atoms with E-state index in [2.05, 4.69) is 16.0 Å². The highest BCUT2D eigenvalue weighted by molar-refractivity contribution is 5.94. The Bertz CT molecular complexity index is 915. The third-order valence-electron chi connectivity index (χ3n) is 5.79. The number of hydrogen-bond acceptors (Lipinski definition) is 8. The minimum Gasteiger partial charge on any atom is -0.481 e. The van der Waals surface area contributed by atoms with Crippen LogP contribution < -0.4 is 33.2 Å². The monoisotopic (exact) mass is 536 g/mol. The number of carboxylic acids is 2. The van der Waals surface area contributed by atoms with Crippen LogP contribution in [0, 0.1) is 0 Å². The van der Waals surface area contributed by atoms with Crippen molar-refractivity contribution < 1.29 is 34.2 Å². The summed E-state index contributed by atoms with van der Waals surface area (Å²) in [7, 11) is 0. The van der Waals surface area contributed by atoms with Gasteiger partial charge in [-0.2, -0.15) is 0 Å². The van der Waals surface area contributed by atoms with E-state index < -0.39 is 60.2 Å². The molecule has 1 rings (SSSR count). The summed E-state index contributed by atoms with van der Waals surface area (Å²) in [5.74, 6) is -4.99. The average Bonchev–Trinajstić information content (AvgIpc) is 2.87. The third kappa shape index (κ3) is 12.6. The molecule has 212 valence electrons. The molecule has 0 saturated heterocycles. The summed E-state index contributed by atoms with van der Waals surface area (Å²) in [6.07, 6.45) is 2.11. The molecule has 0 aromatic heterocycles. The smallest absolute Gasteiger partial charge is 0.326 e. The number of unbranched alkanes of at least 4 members (excludes halogenated alkanes) is 2. The standard InChI is InChI=1S/C25H40N6O7/c26-12-6-4-10-17(28)22(34)30-19(14-16-8-2-1-3-9-16)24(36)29-18(11-5-7-13-27)23(35)31-20(25(37)38)15-21(32)33/h1-3,8-9,17-20H,4-7,10-15,26-28H2,(H,29,36)(H,30,34)(H,31,35)(H,32,33)(H,37,38). The number of carboxylic acid groups (broad SMARTS) is 2. The van der Waals surface area contributed by atoms with Crippen molar-refractivity contribution in [3.05, 3.63) is 35.9 Å². The molecular formula is C25H40N6O7. The summed E-state index contributed by atoms with van der Waals surface area (Å²) in [4.78, 5) is 61.4. The van der Waals surface area contributed by atoms with Gasteiger partial charge in [-0.1, -0.05) is 36.8 Å².